The number of benzene rings is 5. The minimum atomic E-state index is -1.14. The van der Waals surface area contributed by atoms with Crippen LogP contribution in [0.5, 0.6) is 17.2 Å². The zero-order valence-corrected chi connectivity index (χ0v) is 36.9. The lowest BCUT2D eigenvalue weighted by Gasteiger charge is -2.42. The lowest BCUT2D eigenvalue weighted by Crippen LogP contribution is -2.55. The van der Waals surface area contributed by atoms with E-state index < -0.39 is 18.1 Å². The SMILES string of the molecule is CC[C@@H](c1ccccc1I)N1Cc2cc3c(cc2C[C@H]1C(=O)NC(Cc1ccc(-c2ccnc(N)c2)cc1)C(=O)O)OC[C@H](c1ccc(OCc2ccc(Cl)c(Cl)c2)cc1)O3. The van der Waals surface area contributed by atoms with Crippen molar-refractivity contribution in [2.45, 2.75) is 63.6 Å². The van der Waals surface area contributed by atoms with Crippen LogP contribution in [0.25, 0.3) is 11.1 Å². The van der Waals surface area contributed by atoms with Crippen molar-refractivity contribution in [3.63, 3.8) is 0 Å². The number of aromatic nitrogens is 1. The van der Waals surface area contributed by atoms with Crippen molar-refractivity contribution in [3.8, 4) is 28.4 Å². The first-order valence-electron chi connectivity index (χ1n) is 20.0. The Kier molecular flexibility index (Phi) is 13.0. The normalized spacial score (nSPS) is 16.9. The van der Waals surface area contributed by atoms with E-state index in [1.165, 1.54) is 0 Å². The van der Waals surface area contributed by atoms with Crippen LogP contribution in [0.4, 0.5) is 5.82 Å². The third-order valence-corrected chi connectivity index (χ3v) is 12.9. The molecule has 0 spiro atoms. The highest BCUT2D eigenvalue weighted by Crippen LogP contribution is 2.43. The molecule has 1 amide bonds. The number of nitrogens with one attached hydrogen (secondary N) is 1. The molecule has 61 heavy (non-hydrogen) atoms. The number of carbonyl (C=O) groups is 2. The molecule has 312 valence electrons. The molecule has 1 aromatic heterocycles. The monoisotopic (exact) mass is 968 g/mol. The maximum absolute atomic E-state index is 14.5. The minimum absolute atomic E-state index is 0.116. The van der Waals surface area contributed by atoms with Gasteiger partial charge in [-0.15, -0.1) is 0 Å². The molecule has 0 saturated carbocycles. The number of nitrogens with two attached hydrogens (primary N) is 1. The second-order valence-electron chi connectivity index (χ2n) is 15.2. The molecule has 0 fully saturated rings. The molecule has 10 nitrogen and oxygen atoms in total. The molecule has 13 heteroatoms. The summed E-state index contributed by atoms with van der Waals surface area (Å²) >= 11 is 14.6. The van der Waals surface area contributed by atoms with Crippen LogP contribution in [-0.4, -0.2) is 45.6 Å². The fourth-order valence-electron chi connectivity index (χ4n) is 8.02. The predicted molar refractivity (Wildman–Crippen MR) is 245 cm³/mol. The minimum Gasteiger partial charge on any atom is -0.489 e. The lowest BCUT2D eigenvalue weighted by molar-refractivity contribution is -0.143. The summed E-state index contributed by atoms with van der Waals surface area (Å²) in [5.41, 5.74) is 13.4. The van der Waals surface area contributed by atoms with Crippen molar-refractivity contribution >= 4 is 63.5 Å². The van der Waals surface area contributed by atoms with E-state index in [1.807, 2.05) is 84.9 Å². The number of fused-ring (bicyclic) bond motifs is 2. The summed E-state index contributed by atoms with van der Waals surface area (Å²) in [7, 11) is 0. The molecular weight excluding hydrogens is 926 g/mol. The van der Waals surface area contributed by atoms with Crippen molar-refractivity contribution in [1.29, 1.82) is 0 Å². The average molecular weight is 970 g/mol. The van der Waals surface area contributed by atoms with E-state index in [4.69, 9.17) is 43.1 Å². The maximum atomic E-state index is 14.5. The number of nitrogen functional groups attached to an aromatic ring is 1. The van der Waals surface area contributed by atoms with Crippen molar-refractivity contribution < 1.29 is 28.9 Å². The Balaban J connectivity index is 1.00. The highest BCUT2D eigenvalue weighted by molar-refractivity contribution is 14.1. The number of aliphatic carboxylic acids is 1. The number of rotatable bonds is 13. The van der Waals surface area contributed by atoms with Crippen LogP contribution in [0.3, 0.4) is 0 Å². The molecule has 0 aliphatic carbocycles. The molecule has 4 atom stereocenters. The van der Waals surface area contributed by atoms with Crippen LogP contribution in [0.15, 0.2) is 121 Å². The summed E-state index contributed by atoms with van der Waals surface area (Å²) in [6, 6.07) is 34.7. The number of amides is 1. The highest BCUT2D eigenvalue weighted by Gasteiger charge is 2.39. The van der Waals surface area contributed by atoms with Gasteiger partial charge in [0.2, 0.25) is 5.91 Å². The quantitative estimate of drug-likeness (QED) is 0.0967. The second kappa shape index (κ2) is 18.7. The summed E-state index contributed by atoms with van der Waals surface area (Å²) in [5.74, 6) is 0.908. The number of pyridine rings is 1. The van der Waals surface area contributed by atoms with E-state index in [-0.39, 0.29) is 24.5 Å². The van der Waals surface area contributed by atoms with E-state index in [9.17, 15) is 14.7 Å². The molecule has 0 bridgehead atoms. The molecule has 3 heterocycles. The molecule has 0 radical (unpaired) electrons. The van der Waals surface area contributed by atoms with Crippen LogP contribution >= 0.6 is 45.8 Å². The largest absolute Gasteiger partial charge is 0.489 e. The van der Waals surface area contributed by atoms with Gasteiger partial charge in [-0.3, -0.25) is 9.69 Å². The van der Waals surface area contributed by atoms with Crippen LogP contribution in [-0.2, 0) is 35.6 Å². The van der Waals surface area contributed by atoms with E-state index in [2.05, 4.69) is 56.8 Å². The first-order chi connectivity index (χ1) is 29.5. The highest BCUT2D eigenvalue weighted by atomic mass is 127. The Labute approximate surface area is 378 Å². The Morgan fingerprint density at radius 1 is 0.918 bits per heavy atom. The first kappa shape index (κ1) is 42.4. The van der Waals surface area contributed by atoms with Crippen LogP contribution in [0, 0.1) is 3.57 Å². The average Bonchev–Trinajstić information content (AvgIpc) is 3.26. The number of carboxylic acid groups (broad SMARTS) is 1. The van der Waals surface area contributed by atoms with Gasteiger partial charge < -0.3 is 30.4 Å². The second-order valence-corrected chi connectivity index (χ2v) is 17.2. The van der Waals surface area contributed by atoms with Crippen molar-refractivity contribution in [1.82, 2.24) is 15.2 Å². The summed E-state index contributed by atoms with van der Waals surface area (Å²) < 4.78 is 20.0. The van der Waals surface area contributed by atoms with Crippen LogP contribution in [0.2, 0.25) is 10.0 Å². The van der Waals surface area contributed by atoms with Gasteiger partial charge in [0.15, 0.2) is 17.6 Å². The van der Waals surface area contributed by atoms with E-state index in [1.54, 1.807) is 24.4 Å². The number of hydrogen-bond donors (Lipinski definition) is 3. The molecule has 8 rings (SSSR count). The van der Waals surface area contributed by atoms with E-state index in [0.717, 1.165) is 54.5 Å². The Bertz CT molecular complexity index is 2560. The Morgan fingerprint density at radius 2 is 1.67 bits per heavy atom. The summed E-state index contributed by atoms with van der Waals surface area (Å²) in [4.78, 5) is 33.4. The van der Waals surface area contributed by atoms with Gasteiger partial charge in [0, 0.05) is 28.8 Å². The summed E-state index contributed by atoms with van der Waals surface area (Å²) in [6.07, 6.45) is 2.51. The first-order valence-corrected chi connectivity index (χ1v) is 21.8. The van der Waals surface area contributed by atoms with Gasteiger partial charge in [-0.2, -0.15) is 0 Å². The number of ether oxygens (including phenoxy) is 3. The van der Waals surface area contributed by atoms with Crippen molar-refractivity contribution in [3.05, 3.63) is 168 Å². The number of hydrogen-bond acceptors (Lipinski definition) is 8. The maximum Gasteiger partial charge on any atom is 0.326 e. The van der Waals surface area contributed by atoms with Gasteiger partial charge in [0.25, 0.3) is 0 Å². The molecule has 2 aliphatic rings. The molecule has 6 aromatic rings. The van der Waals surface area contributed by atoms with E-state index in [0.29, 0.717) is 59.3 Å². The number of carboxylic acids is 1. The number of anilines is 1. The number of halogens is 3. The fourth-order valence-corrected chi connectivity index (χ4v) is 9.09. The third-order valence-electron chi connectivity index (χ3n) is 11.2. The molecular formula is C48H43Cl2IN4O6. The standard InChI is InChI=1S/C48H43Cl2IN4O6/c1-2-41(36-5-3-4-6-39(36)51)55-25-34-23-44-43(60-27-45(61-44)31-12-14-35(15-13-31)59-26-29-9-16-37(49)38(50)19-29)22-33(34)21-42(55)47(56)54-40(48(57)58)20-28-7-10-30(11-8-28)32-17-18-53-46(52)24-32/h3-19,22-24,40-42,45H,2,20-21,25-27H2,1H3,(H2,52,53)(H,54,56)(H,57,58)/t40?,41-,42-,45+/m0/s1. The van der Waals surface area contributed by atoms with Gasteiger partial charge >= 0.3 is 5.97 Å². The van der Waals surface area contributed by atoms with Gasteiger partial charge in [0.1, 0.15) is 30.8 Å². The van der Waals surface area contributed by atoms with Crippen molar-refractivity contribution in [2.24, 2.45) is 0 Å². The topological polar surface area (TPSA) is 136 Å². The number of carbonyl (C=O) groups excluding carboxylic acids is 1. The fraction of sp³-hybridized carbons (Fsp3) is 0.229. The Hall–Kier alpha value is -5.34. The van der Waals surface area contributed by atoms with Crippen LogP contribution < -0.4 is 25.3 Å². The zero-order chi connectivity index (χ0) is 42.6. The summed E-state index contributed by atoms with van der Waals surface area (Å²) in [5, 5.41) is 14.3. The van der Waals surface area contributed by atoms with Crippen molar-refractivity contribution in [2.75, 3.05) is 12.3 Å². The molecule has 2 aliphatic heterocycles. The Morgan fingerprint density at radius 3 is 2.39 bits per heavy atom. The number of nitrogens with zero attached hydrogens (tertiary/aromatic N) is 2. The molecule has 0 saturated heterocycles. The van der Waals surface area contributed by atoms with E-state index >= 15 is 0 Å². The van der Waals surface area contributed by atoms with Gasteiger partial charge in [-0.05, 0) is 135 Å². The van der Waals surface area contributed by atoms with Crippen LogP contribution in [0.1, 0.15) is 58.9 Å². The summed E-state index contributed by atoms with van der Waals surface area (Å²) in [6.45, 7) is 3.20. The lowest BCUT2D eigenvalue weighted by atomic mass is 9.89. The van der Waals surface area contributed by atoms with Gasteiger partial charge in [-0.25, -0.2) is 9.78 Å². The molecule has 5 aromatic carbocycles. The zero-order valence-electron chi connectivity index (χ0n) is 33.2. The third kappa shape index (κ3) is 9.75. The molecule has 1 unspecified atom stereocenters. The van der Waals surface area contributed by atoms with Gasteiger partial charge in [-0.1, -0.05) is 90.8 Å². The molecule has 4 N–H and O–H groups in total. The smallest absolute Gasteiger partial charge is 0.326 e. The predicted octanol–water partition coefficient (Wildman–Crippen LogP) is 10.0. The van der Waals surface area contributed by atoms with Gasteiger partial charge in [0.05, 0.1) is 16.1 Å².